The zero-order valence-electron chi connectivity index (χ0n) is 7.57. The molecule has 1 amide bonds. The third-order valence-corrected chi connectivity index (χ3v) is 2.74. The van der Waals surface area contributed by atoms with Gasteiger partial charge >= 0.3 is 0 Å². The topological polar surface area (TPSA) is 59.5 Å². The van der Waals surface area contributed by atoms with E-state index < -0.39 is 0 Å². The van der Waals surface area contributed by atoms with E-state index in [4.69, 9.17) is 10.2 Å². The molecule has 2 N–H and O–H groups in total. The van der Waals surface area contributed by atoms with Gasteiger partial charge in [-0.3, -0.25) is 4.79 Å². The van der Waals surface area contributed by atoms with Gasteiger partial charge in [-0.05, 0) is 22.4 Å². The van der Waals surface area contributed by atoms with Crippen molar-refractivity contribution in [2.75, 3.05) is 13.1 Å². The van der Waals surface area contributed by atoms with E-state index in [1.54, 1.807) is 11.0 Å². The van der Waals surface area contributed by atoms with Crippen molar-refractivity contribution >= 4 is 21.8 Å². The highest BCUT2D eigenvalue weighted by atomic mass is 79.9. The van der Waals surface area contributed by atoms with Gasteiger partial charge in [-0.15, -0.1) is 0 Å². The quantitative estimate of drug-likeness (QED) is 0.824. The normalized spacial score (nSPS) is 21.6. The first-order valence-corrected chi connectivity index (χ1v) is 5.25. The highest BCUT2D eigenvalue weighted by molar-refractivity contribution is 9.10. The van der Waals surface area contributed by atoms with Crippen molar-refractivity contribution in [2.45, 2.75) is 12.5 Å². The van der Waals surface area contributed by atoms with Crippen molar-refractivity contribution in [2.24, 2.45) is 5.73 Å². The van der Waals surface area contributed by atoms with E-state index in [1.165, 1.54) is 6.26 Å². The van der Waals surface area contributed by atoms with Crippen LogP contribution in [-0.4, -0.2) is 29.9 Å². The molecule has 0 aliphatic carbocycles. The number of likely N-dealkylation sites (tertiary alicyclic amines) is 1. The van der Waals surface area contributed by atoms with Gasteiger partial charge in [0, 0.05) is 25.2 Å². The van der Waals surface area contributed by atoms with Crippen molar-refractivity contribution < 1.29 is 9.21 Å². The Balaban J connectivity index is 2.09. The Morgan fingerprint density at radius 1 is 1.71 bits per heavy atom. The second-order valence-corrected chi connectivity index (χ2v) is 4.22. The van der Waals surface area contributed by atoms with Gasteiger partial charge in [0.2, 0.25) is 0 Å². The molecule has 0 bridgehead atoms. The van der Waals surface area contributed by atoms with Crippen LogP contribution in [0.3, 0.4) is 0 Å². The Labute approximate surface area is 90.2 Å². The summed E-state index contributed by atoms with van der Waals surface area (Å²) in [5.41, 5.74) is 6.29. The standard InChI is InChI=1S/C9H11BrN2O2/c10-8-3-6(5-14-8)9(13)12-2-1-7(11)4-12/h3,5,7H,1-2,4,11H2. The van der Waals surface area contributed by atoms with Crippen molar-refractivity contribution in [3.63, 3.8) is 0 Å². The first-order chi connectivity index (χ1) is 6.66. The smallest absolute Gasteiger partial charge is 0.257 e. The summed E-state index contributed by atoms with van der Waals surface area (Å²) in [5, 5.41) is 0. The average molecular weight is 259 g/mol. The second kappa shape index (κ2) is 3.74. The zero-order chi connectivity index (χ0) is 10.1. The molecule has 1 saturated heterocycles. The van der Waals surface area contributed by atoms with Gasteiger partial charge in [-0.1, -0.05) is 0 Å². The molecule has 1 aliphatic heterocycles. The minimum absolute atomic E-state index is 0.00704. The third-order valence-electron chi connectivity index (χ3n) is 2.33. The van der Waals surface area contributed by atoms with Gasteiger partial charge in [0.15, 0.2) is 4.67 Å². The summed E-state index contributed by atoms with van der Waals surface area (Å²) in [7, 11) is 0. The average Bonchev–Trinajstić information content (AvgIpc) is 2.73. The first-order valence-electron chi connectivity index (χ1n) is 4.45. The Bertz CT molecular complexity index is 350. The molecule has 0 saturated carbocycles. The maximum Gasteiger partial charge on any atom is 0.257 e. The summed E-state index contributed by atoms with van der Waals surface area (Å²) in [6.07, 6.45) is 2.33. The highest BCUT2D eigenvalue weighted by Crippen LogP contribution is 2.17. The lowest BCUT2D eigenvalue weighted by Crippen LogP contribution is -2.31. The molecule has 1 aromatic heterocycles. The summed E-state index contributed by atoms with van der Waals surface area (Å²) in [4.78, 5) is 13.5. The van der Waals surface area contributed by atoms with Crippen molar-refractivity contribution in [3.8, 4) is 0 Å². The van der Waals surface area contributed by atoms with Crippen LogP contribution in [0.5, 0.6) is 0 Å². The minimum atomic E-state index is -0.00704. The number of carbonyl (C=O) groups is 1. The number of nitrogens with two attached hydrogens (primary N) is 1. The predicted molar refractivity (Wildman–Crippen MR) is 54.9 cm³/mol. The van der Waals surface area contributed by atoms with Crippen LogP contribution in [0.15, 0.2) is 21.4 Å². The summed E-state index contributed by atoms with van der Waals surface area (Å²) in [5.74, 6) is -0.00704. The molecule has 1 fully saturated rings. The van der Waals surface area contributed by atoms with Gasteiger partial charge in [0.05, 0.1) is 5.56 Å². The number of rotatable bonds is 1. The van der Waals surface area contributed by atoms with E-state index in [2.05, 4.69) is 15.9 Å². The first kappa shape index (κ1) is 9.73. The van der Waals surface area contributed by atoms with Gasteiger partial charge in [0.25, 0.3) is 5.91 Å². The molecule has 1 aromatic rings. The fourth-order valence-electron chi connectivity index (χ4n) is 1.58. The molecule has 1 unspecified atom stereocenters. The van der Waals surface area contributed by atoms with Crippen LogP contribution in [0.2, 0.25) is 0 Å². The van der Waals surface area contributed by atoms with E-state index in [1.807, 2.05) is 0 Å². The number of furan rings is 1. The predicted octanol–water partition coefficient (Wildman–Crippen LogP) is 1.22. The fourth-order valence-corrected chi connectivity index (χ4v) is 1.92. The van der Waals surface area contributed by atoms with E-state index in [9.17, 15) is 4.79 Å². The molecule has 14 heavy (non-hydrogen) atoms. The summed E-state index contributed by atoms with van der Waals surface area (Å²) >= 11 is 3.16. The van der Waals surface area contributed by atoms with Gasteiger partial charge in [-0.25, -0.2) is 0 Å². The highest BCUT2D eigenvalue weighted by Gasteiger charge is 2.25. The summed E-state index contributed by atoms with van der Waals surface area (Å²) in [6.45, 7) is 1.38. The van der Waals surface area contributed by atoms with E-state index in [-0.39, 0.29) is 11.9 Å². The van der Waals surface area contributed by atoms with Crippen LogP contribution in [0.1, 0.15) is 16.8 Å². The SMILES string of the molecule is NC1CCN(C(=O)c2coc(Br)c2)C1. The lowest BCUT2D eigenvalue weighted by Gasteiger charge is -2.13. The molecule has 2 heterocycles. The van der Waals surface area contributed by atoms with Gasteiger partial charge < -0.3 is 15.1 Å². The minimum Gasteiger partial charge on any atom is -0.457 e. The molecule has 0 aromatic carbocycles. The maximum atomic E-state index is 11.8. The third kappa shape index (κ3) is 1.83. The molecule has 5 heteroatoms. The Morgan fingerprint density at radius 3 is 3.00 bits per heavy atom. The number of carbonyl (C=O) groups excluding carboxylic acids is 1. The van der Waals surface area contributed by atoms with Crippen LogP contribution in [0.4, 0.5) is 0 Å². The molecular weight excluding hydrogens is 248 g/mol. The molecular formula is C9H11BrN2O2. The van der Waals surface area contributed by atoms with Crippen molar-refractivity contribution in [1.82, 2.24) is 4.90 Å². The Morgan fingerprint density at radius 2 is 2.50 bits per heavy atom. The molecule has 4 nitrogen and oxygen atoms in total. The van der Waals surface area contributed by atoms with Crippen LogP contribution >= 0.6 is 15.9 Å². The lowest BCUT2D eigenvalue weighted by molar-refractivity contribution is 0.0790. The number of amides is 1. The number of halogens is 1. The number of nitrogens with zero attached hydrogens (tertiary/aromatic N) is 1. The zero-order valence-corrected chi connectivity index (χ0v) is 9.16. The van der Waals surface area contributed by atoms with E-state index >= 15 is 0 Å². The monoisotopic (exact) mass is 258 g/mol. The van der Waals surface area contributed by atoms with E-state index in [0.29, 0.717) is 16.8 Å². The summed E-state index contributed by atoms with van der Waals surface area (Å²) < 4.78 is 5.58. The van der Waals surface area contributed by atoms with Gasteiger partial charge in [0.1, 0.15) is 6.26 Å². The van der Waals surface area contributed by atoms with E-state index in [0.717, 1.165) is 13.0 Å². The fraction of sp³-hybridized carbons (Fsp3) is 0.444. The Kier molecular flexibility index (Phi) is 2.60. The summed E-state index contributed by atoms with van der Waals surface area (Å²) in [6, 6.07) is 1.79. The lowest BCUT2D eigenvalue weighted by atomic mass is 10.3. The number of hydrogen-bond acceptors (Lipinski definition) is 3. The second-order valence-electron chi connectivity index (χ2n) is 3.44. The van der Waals surface area contributed by atoms with Crippen LogP contribution in [-0.2, 0) is 0 Å². The molecule has 2 rings (SSSR count). The molecule has 0 spiro atoms. The van der Waals surface area contributed by atoms with Crippen LogP contribution in [0.25, 0.3) is 0 Å². The van der Waals surface area contributed by atoms with Crippen molar-refractivity contribution in [3.05, 3.63) is 22.6 Å². The molecule has 76 valence electrons. The molecule has 1 atom stereocenters. The van der Waals surface area contributed by atoms with Crippen molar-refractivity contribution in [1.29, 1.82) is 0 Å². The molecule has 1 aliphatic rings. The Hall–Kier alpha value is -0.810. The molecule has 0 radical (unpaired) electrons. The van der Waals surface area contributed by atoms with Crippen LogP contribution < -0.4 is 5.73 Å². The van der Waals surface area contributed by atoms with Gasteiger partial charge in [-0.2, -0.15) is 0 Å². The number of hydrogen-bond donors (Lipinski definition) is 1. The van der Waals surface area contributed by atoms with Crippen LogP contribution in [0, 0.1) is 0 Å². The maximum absolute atomic E-state index is 11.8. The largest absolute Gasteiger partial charge is 0.457 e.